The molecule has 1 unspecified atom stereocenters. The maximum Gasteiger partial charge on any atom is 0.0753 e. The summed E-state index contributed by atoms with van der Waals surface area (Å²) in [5, 5.41) is 2.10. The fraction of sp³-hybridized carbons (Fsp3) is 0.0625. The summed E-state index contributed by atoms with van der Waals surface area (Å²) in [6, 6.07) is 15.1. The van der Waals surface area contributed by atoms with Gasteiger partial charge in [0.15, 0.2) is 0 Å². The van der Waals surface area contributed by atoms with E-state index in [0.717, 1.165) is 22.0 Å². The van der Waals surface area contributed by atoms with Crippen molar-refractivity contribution in [3.8, 4) is 0 Å². The van der Waals surface area contributed by atoms with E-state index in [0.29, 0.717) is 10.0 Å². The minimum Gasteiger partial charge on any atom is -0.320 e. The number of aromatic nitrogens is 1. The Morgan fingerprint density at radius 1 is 0.950 bits per heavy atom. The molecule has 2 nitrogen and oxygen atoms in total. The van der Waals surface area contributed by atoms with Crippen LogP contribution in [0.15, 0.2) is 54.7 Å². The first-order valence-electron chi connectivity index (χ1n) is 6.21. The molecular formula is C16H12Cl2N2. The molecule has 3 aromatic rings. The minimum atomic E-state index is -0.289. The summed E-state index contributed by atoms with van der Waals surface area (Å²) in [6.45, 7) is 0. The molecule has 0 saturated carbocycles. The molecular weight excluding hydrogens is 291 g/mol. The molecule has 0 amide bonds. The summed E-state index contributed by atoms with van der Waals surface area (Å²) < 4.78 is 0. The molecule has 0 spiro atoms. The molecule has 0 fully saturated rings. The van der Waals surface area contributed by atoms with Crippen molar-refractivity contribution in [3.63, 3.8) is 0 Å². The number of para-hydroxylation sites is 1. The van der Waals surface area contributed by atoms with Crippen molar-refractivity contribution in [2.75, 3.05) is 0 Å². The van der Waals surface area contributed by atoms with Gasteiger partial charge in [0, 0.05) is 11.6 Å². The highest BCUT2D eigenvalue weighted by Crippen LogP contribution is 2.30. The third-order valence-electron chi connectivity index (χ3n) is 3.30. The van der Waals surface area contributed by atoms with Crippen LogP contribution in [-0.2, 0) is 0 Å². The Labute approximate surface area is 127 Å². The minimum absolute atomic E-state index is 0.289. The van der Waals surface area contributed by atoms with Gasteiger partial charge in [-0.15, -0.1) is 0 Å². The second-order valence-electron chi connectivity index (χ2n) is 4.57. The Morgan fingerprint density at radius 3 is 2.55 bits per heavy atom. The number of fused-ring (bicyclic) bond motifs is 1. The van der Waals surface area contributed by atoms with E-state index in [1.807, 2.05) is 36.4 Å². The van der Waals surface area contributed by atoms with Gasteiger partial charge < -0.3 is 5.73 Å². The van der Waals surface area contributed by atoms with Crippen LogP contribution in [0.2, 0.25) is 10.0 Å². The van der Waals surface area contributed by atoms with E-state index in [4.69, 9.17) is 28.9 Å². The van der Waals surface area contributed by atoms with Gasteiger partial charge in [-0.1, -0.05) is 53.5 Å². The average Bonchev–Trinajstić information content (AvgIpc) is 2.49. The van der Waals surface area contributed by atoms with Crippen LogP contribution in [0.5, 0.6) is 0 Å². The first-order valence-corrected chi connectivity index (χ1v) is 6.96. The van der Waals surface area contributed by atoms with Gasteiger partial charge in [0.2, 0.25) is 0 Å². The summed E-state index contributed by atoms with van der Waals surface area (Å²) in [4.78, 5) is 4.43. The Morgan fingerprint density at radius 2 is 1.75 bits per heavy atom. The topological polar surface area (TPSA) is 38.9 Å². The lowest BCUT2D eigenvalue weighted by atomic mass is 9.97. The first-order chi connectivity index (χ1) is 9.66. The molecule has 4 heteroatoms. The molecule has 0 saturated heterocycles. The molecule has 0 aliphatic rings. The van der Waals surface area contributed by atoms with Crippen LogP contribution in [0.3, 0.4) is 0 Å². The highest BCUT2D eigenvalue weighted by molar-refractivity contribution is 6.42. The van der Waals surface area contributed by atoms with Gasteiger partial charge in [-0.05, 0) is 29.3 Å². The number of rotatable bonds is 2. The third-order valence-corrected chi connectivity index (χ3v) is 4.04. The molecule has 3 rings (SSSR count). The fourth-order valence-electron chi connectivity index (χ4n) is 2.26. The number of pyridine rings is 1. The van der Waals surface area contributed by atoms with E-state index in [1.165, 1.54) is 0 Å². The van der Waals surface area contributed by atoms with E-state index in [2.05, 4.69) is 4.98 Å². The van der Waals surface area contributed by atoms with Crippen molar-refractivity contribution in [1.29, 1.82) is 0 Å². The van der Waals surface area contributed by atoms with Crippen LogP contribution >= 0.6 is 23.2 Å². The van der Waals surface area contributed by atoms with Crippen molar-refractivity contribution >= 4 is 34.1 Å². The maximum absolute atomic E-state index is 6.36. The molecule has 2 aromatic carbocycles. The summed E-state index contributed by atoms with van der Waals surface area (Å²) in [6.07, 6.45) is 1.77. The SMILES string of the molecule is NC(c1ccc(Cl)c(Cl)c1)c1cccc2cccnc12. The van der Waals surface area contributed by atoms with Gasteiger partial charge in [0.25, 0.3) is 0 Å². The second kappa shape index (κ2) is 5.41. The molecule has 1 aromatic heterocycles. The highest BCUT2D eigenvalue weighted by Gasteiger charge is 2.14. The van der Waals surface area contributed by atoms with E-state index < -0.39 is 0 Å². The van der Waals surface area contributed by atoms with Gasteiger partial charge in [-0.25, -0.2) is 0 Å². The largest absolute Gasteiger partial charge is 0.320 e. The zero-order valence-corrected chi connectivity index (χ0v) is 12.1. The lowest BCUT2D eigenvalue weighted by Crippen LogP contribution is -2.12. The predicted molar refractivity (Wildman–Crippen MR) is 84.2 cm³/mol. The lowest BCUT2D eigenvalue weighted by Gasteiger charge is -2.15. The number of hydrogen-bond acceptors (Lipinski definition) is 2. The number of benzene rings is 2. The molecule has 0 bridgehead atoms. The first kappa shape index (κ1) is 13.4. The zero-order valence-electron chi connectivity index (χ0n) is 10.6. The summed E-state index contributed by atoms with van der Waals surface area (Å²) in [7, 11) is 0. The number of halogens is 2. The van der Waals surface area contributed by atoms with Gasteiger partial charge >= 0.3 is 0 Å². The lowest BCUT2D eigenvalue weighted by molar-refractivity contribution is 0.877. The monoisotopic (exact) mass is 302 g/mol. The van der Waals surface area contributed by atoms with E-state index in [-0.39, 0.29) is 6.04 Å². The predicted octanol–water partition coefficient (Wildman–Crippen LogP) is 4.59. The van der Waals surface area contributed by atoms with Crippen molar-refractivity contribution in [1.82, 2.24) is 4.98 Å². The second-order valence-corrected chi connectivity index (χ2v) is 5.39. The Bertz CT molecular complexity index is 766. The molecule has 0 aliphatic heterocycles. The molecule has 1 atom stereocenters. The molecule has 20 heavy (non-hydrogen) atoms. The highest BCUT2D eigenvalue weighted by atomic mass is 35.5. The molecule has 0 aliphatic carbocycles. The average molecular weight is 303 g/mol. The fourth-order valence-corrected chi connectivity index (χ4v) is 2.57. The van der Waals surface area contributed by atoms with Crippen LogP contribution in [0.4, 0.5) is 0 Å². The smallest absolute Gasteiger partial charge is 0.0753 e. The van der Waals surface area contributed by atoms with Crippen molar-refractivity contribution in [2.24, 2.45) is 5.73 Å². The molecule has 1 heterocycles. The van der Waals surface area contributed by atoms with Gasteiger partial charge in [0.05, 0.1) is 21.6 Å². The summed E-state index contributed by atoms with van der Waals surface area (Å²) >= 11 is 12.0. The van der Waals surface area contributed by atoms with E-state index >= 15 is 0 Å². The van der Waals surface area contributed by atoms with Crippen LogP contribution in [0.1, 0.15) is 17.2 Å². The van der Waals surface area contributed by atoms with Crippen molar-refractivity contribution < 1.29 is 0 Å². The van der Waals surface area contributed by atoms with Gasteiger partial charge in [0.1, 0.15) is 0 Å². The van der Waals surface area contributed by atoms with Crippen LogP contribution in [-0.4, -0.2) is 4.98 Å². The third kappa shape index (κ3) is 2.38. The Kier molecular flexibility index (Phi) is 3.62. The normalized spacial score (nSPS) is 12.6. The zero-order chi connectivity index (χ0) is 14.1. The summed E-state index contributed by atoms with van der Waals surface area (Å²) in [5.74, 6) is 0. The molecule has 0 radical (unpaired) electrons. The Balaban J connectivity index is 2.12. The Hall–Kier alpha value is -1.61. The number of hydrogen-bond donors (Lipinski definition) is 1. The maximum atomic E-state index is 6.36. The van der Waals surface area contributed by atoms with Crippen molar-refractivity contribution in [3.05, 3.63) is 75.9 Å². The van der Waals surface area contributed by atoms with Crippen LogP contribution in [0.25, 0.3) is 10.9 Å². The van der Waals surface area contributed by atoms with Crippen LogP contribution in [0, 0.1) is 0 Å². The standard InChI is InChI=1S/C16H12Cl2N2/c17-13-7-6-11(9-14(13)18)15(19)12-5-1-3-10-4-2-8-20-16(10)12/h1-9,15H,19H2. The molecule has 100 valence electrons. The van der Waals surface area contributed by atoms with E-state index in [9.17, 15) is 0 Å². The van der Waals surface area contributed by atoms with Gasteiger partial charge in [-0.3, -0.25) is 4.98 Å². The number of nitrogens with two attached hydrogens (primary N) is 1. The molecule has 2 N–H and O–H groups in total. The van der Waals surface area contributed by atoms with Crippen LogP contribution < -0.4 is 5.73 Å². The van der Waals surface area contributed by atoms with Crippen molar-refractivity contribution in [2.45, 2.75) is 6.04 Å². The summed E-state index contributed by atoms with van der Waals surface area (Å²) in [5.41, 5.74) is 9.16. The number of nitrogens with zero attached hydrogens (tertiary/aromatic N) is 1. The van der Waals surface area contributed by atoms with E-state index in [1.54, 1.807) is 18.3 Å². The van der Waals surface area contributed by atoms with Gasteiger partial charge in [-0.2, -0.15) is 0 Å². The quantitative estimate of drug-likeness (QED) is 0.752.